The third-order valence-corrected chi connectivity index (χ3v) is 4.38. The number of para-hydroxylation sites is 1. The van der Waals surface area contributed by atoms with Crippen LogP contribution in [0, 0.1) is 0 Å². The van der Waals surface area contributed by atoms with Gasteiger partial charge in [0, 0.05) is 18.0 Å². The Kier molecular flexibility index (Phi) is 4.05. The van der Waals surface area contributed by atoms with E-state index in [4.69, 9.17) is 4.52 Å². The fourth-order valence-corrected chi connectivity index (χ4v) is 2.96. The van der Waals surface area contributed by atoms with Gasteiger partial charge in [-0.05, 0) is 35.7 Å². The van der Waals surface area contributed by atoms with Crippen LogP contribution in [0.4, 0.5) is 5.69 Å². The van der Waals surface area contributed by atoms with Gasteiger partial charge in [0.15, 0.2) is 0 Å². The maximum atomic E-state index is 12.4. The second kappa shape index (κ2) is 6.66. The molecule has 1 aromatic carbocycles. The van der Waals surface area contributed by atoms with E-state index in [0.29, 0.717) is 28.5 Å². The summed E-state index contributed by atoms with van der Waals surface area (Å²) in [5.41, 5.74) is 1.79. The Labute approximate surface area is 147 Å². The minimum Gasteiger partial charge on any atom is -0.334 e. The van der Waals surface area contributed by atoms with E-state index in [1.54, 1.807) is 30.6 Å². The molecule has 1 amide bonds. The van der Waals surface area contributed by atoms with Gasteiger partial charge >= 0.3 is 0 Å². The first-order valence-corrected chi connectivity index (χ1v) is 8.37. The number of hydrogen-bond acceptors (Lipinski definition) is 6. The topological polar surface area (TPSA) is 80.9 Å². The van der Waals surface area contributed by atoms with Crippen molar-refractivity contribution in [3.05, 3.63) is 71.9 Å². The van der Waals surface area contributed by atoms with Crippen LogP contribution in [0.3, 0.4) is 0 Å². The van der Waals surface area contributed by atoms with Gasteiger partial charge in [0.2, 0.25) is 5.82 Å². The zero-order chi connectivity index (χ0) is 17.1. The fourth-order valence-electron chi connectivity index (χ4n) is 2.32. The van der Waals surface area contributed by atoms with E-state index in [9.17, 15) is 4.79 Å². The average molecular weight is 348 g/mol. The van der Waals surface area contributed by atoms with Crippen LogP contribution in [0.15, 0.2) is 70.8 Å². The minimum atomic E-state index is -0.229. The van der Waals surface area contributed by atoms with Crippen LogP contribution in [0.25, 0.3) is 22.2 Å². The zero-order valence-electron chi connectivity index (χ0n) is 12.9. The number of anilines is 1. The number of benzene rings is 1. The van der Waals surface area contributed by atoms with Crippen molar-refractivity contribution < 1.29 is 9.32 Å². The van der Waals surface area contributed by atoms with Crippen molar-refractivity contribution in [1.82, 2.24) is 15.1 Å². The molecule has 0 aliphatic heterocycles. The SMILES string of the molecule is O=C(Nc1ccccc1-c1nc(-c2cccs2)no1)c1ccncc1. The van der Waals surface area contributed by atoms with Gasteiger partial charge in [-0.3, -0.25) is 9.78 Å². The summed E-state index contributed by atoms with van der Waals surface area (Å²) in [5.74, 6) is 0.655. The molecule has 4 rings (SSSR count). The van der Waals surface area contributed by atoms with Crippen LogP contribution in [0.2, 0.25) is 0 Å². The number of thiophene rings is 1. The van der Waals surface area contributed by atoms with Gasteiger partial charge in [-0.2, -0.15) is 4.98 Å². The Bertz CT molecular complexity index is 997. The normalized spacial score (nSPS) is 10.6. The zero-order valence-corrected chi connectivity index (χ0v) is 13.7. The number of pyridine rings is 1. The fraction of sp³-hybridized carbons (Fsp3) is 0. The molecule has 3 aromatic heterocycles. The molecular weight excluding hydrogens is 336 g/mol. The summed E-state index contributed by atoms with van der Waals surface area (Å²) in [5, 5.41) is 8.85. The van der Waals surface area contributed by atoms with Crippen molar-refractivity contribution in [2.24, 2.45) is 0 Å². The van der Waals surface area contributed by atoms with Gasteiger partial charge in [0.25, 0.3) is 11.8 Å². The molecule has 0 unspecified atom stereocenters. The van der Waals surface area contributed by atoms with Gasteiger partial charge in [0.05, 0.1) is 16.1 Å². The van der Waals surface area contributed by atoms with Crippen LogP contribution in [-0.4, -0.2) is 21.0 Å². The van der Waals surface area contributed by atoms with E-state index in [2.05, 4.69) is 20.4 Å². The quantitative estimate of drug-likeness (QED) is 0.600. The van der Waals surface area contributed by atoms with Crippen LogP contribution in [0.5, 0.6) is 0 Å². The van der Waals surface area contributed by atoms with Gasteiger partial charge in [-0.1, -0.05) is 23.4 Å². The van der Waals surface area contributed by atoms with Crippen molar-refractivity contribution in [2.75, 3.05) is 5.32 Å². The number of carbonyl (C=O) groups is 1. The lowest BCUT2D eigenvalue weighted by molar-refractivity contribution is 0.102. The van der Waals surface area contributed by atoms with Crippen LogP contribution < -0.4 is 5.32 Å². The first-order valence-electron chi connectivity index (χ1n) is 7.49. The summed E-state index contributed by atoms with van der Waals surface area (Å²) in [6.07, 6.45) is 3.15. The van der Waals surface area contributed by atoms with E-state index < -0.39 is 0 Å². The molecule has 4 aromatic rings. The molecule has 0 atom stereocenters. The van der Waals surface area contributed by atoms with Crippen LogP contribution >= 0.6 is 11.3 Å². The molecular formula is C18H12N4O2S. The predicted molar refractivity (Wildman–Crippen MR) is 95.2 cm³/mol. The Morgan fingerprint density at radius 2 is 1.88 bits per heavy atom. The number of carbonyl (C=O) groups excluding carboxylic acids is 1. The number of aromatic nitrogens is 3. The molecule has 122 valence electrons. The highest BCUT2D eigenvalue weighted by atomic mass is 32.1. The summed E-state index contributed by atoms with van der Waals surface area (Å²) < 4.78 is 5.39. The highest BCUT2D eigenvalue weighted by molar-refractivity contribution is 7.13. The van der Waals surface area contributed by atoms with Crippen LogP contribution in [0.1, 0.15) is 10.4 Å². The lowest BCUT2D eigenvalue weighted by atomic mass is 10.1. The third kappa shape index (κ3) is 3.17. The van der Waals surface area contributed by atoms with E-state index in [0.717, 1.165) is 4.88 Å². The molecule has 0 saturated carbocycles. The van der Waals surface area contributed by atoms with Gasteiger partial charge in [-0.25, -0.2) is 0 Å². The first-order chi connectivity index (χ1) is 12.3. The lowest BCUT2D eigenvalue weighted by Crippen LogP contribution is -2.12. The van der Waals surface area contributed by atoms with Crippen molar-refractivity contribution in [3.8, 4) is 22.2 Å². The summed E-state index contributed by atoms with van der Waals surface area (Å²) in [7, 11) is 0. The van der Waals surface area contributed by atoms with Crippen LogP contribution in [-0.2, 0) is 0 Å². The number of amides is 1. The van der Waals surface area contributed by atoms with E-state index in [1.807, 2.05) is 35.7 Å². The minimum absolute atomic E-state index is 0.229. The molecule has 3 heterocycles. The first kappa shape index (κ1) is 15.2. The molecule has 0 aliphatic carbocycles. The smallest absolute Gasteiger partial charge is 0.260 e. The van der Waals surface area contributed by atoms with Crippen molar-refractivity contribution in [1.29, 1.82) is 0 Å². The molecule has 0 bridgehead atoms. The summed E-state index contributed by atoms with van der Waals surface area (Å²) >= 11 is 1.54. The summed E-state index contributed by atoms with van der Waals surface area (Å²) in [6, 6.07) is 14.5. The predicted octanol–water partition coefficient (Wildman–Crippen LogP) is 4.11. The van der Waals surface area contributed by atoms with E-state index in [1.165, 1.54) is 11.3 Å². The maximum absolute atomic E-state index is 12.4. The molecule has 0 saturated heterocycles. The average Bonchev–Trinajstić information content (AvgIpc) is 3.34. The molecule has 7 heteroatoms. The second-order valence-corrected chi connectivity index (χ2v) is 6.08. The lowest BCUT2D eigenvalue weighted by Gasteiger charge is -2.08. The summed E-state index contributed by atoms with van der Waals surface area (Å²) in [4.78, 5) is 21.7. The molecule has 0 fully saturated rings. The second-order valence-electron chi connectivity index (χ2n) is 5.14. The number of rotatable bonds is 4. The standard InChI is InChI=1S/C18H12N4O2S/c23-17(12-7-9-19-10-8-12)20-14-5-2-1-4-13(14)18-21-16(22-24-18)15-6-3-11-25-15/h1-11H,(H,20,23). The van der Waals surface area contributed by atoms with Crippen molar-refractivity contribution in [3.63, 3.8) is 0 Å². The monoisotopic (exact) mass is 348 g/mol. The Morgan fingerprint density at radius 1 is 1.04 bits per heavy atom. The highest BCUT2D eigenvalue weighted by Crippen LogP contribution is 2.30. The Morgan fingerprint density at radius 3 is 2.68 bits per heavy atom. The summed E-state index contributed by atoms with van der Waals surface area (Å²) in [6.45, 7) is 0. The number of hydrogen-bond donors (Lipinski definition) is 1. The van der Waals surface area contributed by atoms with E-state index >= 15 is 0 Å². The number of nitrogens with zero attached hydrogens (tertiary/aromatic N) is 3. The van der Waals surface area contributed by atoms with Gasteiger partial charge in [-0.15, -0.1) is 11.3 Å². The van der Waals surface area contributed by atoms with Crippen molar-refractivity contribution in [2.45, 2.75) is 0 Å². The Balaban J connectivity index is 1.65. The highest BCUT2D eigenvalue weighted by Gasteiger charge is 2.16. The third-order valence-electron chi connectivity index (χ3n) is 3.52. The molecule has 25 heavy (non-hydrogen) atoms. The molecule has 6 nitrogen and oxygen atoms in total. The number of nitrogens with one attached hydrogen (secondary N) is 1. The largest absolute Gasteiger partial charge is 0.334 e. The Hall–Kier alpha value is -3.32. The molecule has 1 N–H and O–H groups in total. The molecule has 0 radical (unpaired) electrons. The molecule has 0 spiro atoms. The van der Waals surface area contributed by atoms with Crippen molar-refractivity contribution >= 4 is 22.9 Å². The van der Waals surface area contributed by atoms with Gasteiger partial charge < -0.3 is 9.84 Å². The maximum Gasteiger partial charge on any atom is 0.260 e. The van der Waals surface area contributed by atoms with Gasteiger partial charge in [0.1, 0.15) is 0 Å². The molecule has 0 aliphatic rings. The van der Waals surface area contributed by atoms with E-state index in [-0.39, 0.29) is 5.91 Å².